The van der Waals surface area contributed by atoms with Crippen LogP contribution in [0.3, 0.4) is 0 Å². The normalized spacial score (nSPS) is 17.0. The second-order valence-electron chi connectivity index (χ2n) is 6.18. The summed E-state index contributed by atoms with van der Waals surface area (Å²) < 4.78 is 4.94. The minimum Gasteiger partial charge on any atom is -0.465 e. The molecule has 1 heterocycles. The molecule has 0 spiro atoms. The van der Waals surface area contributed by atoms with Gasteiger partial charge in [-0.1, -0.05) is 60.7 Å². The van der Waals surface area contributed by atoms with Gasteiger partial charge in [-0.25, -0.2) is 4.79 Å². The summed E-state index contributed by atoms with van der Waals surface area (Å²) in [5, 5.41) is 0. The Kier molecular flexibility index (Phi) is 5.03. The van der Waals surface area contributed by atoms with Gasteiger partial charge in [0.2, 0.25) is 0 Å². The van der Waals surface area contributed by atoms with Crippen LogP contribution >= 0.6 is 0 Å². The number of rotatable bonds is 4. The van der Waals surface area contributed by atoms with Crippen molar-refractivity contribution in [3.8, 4) is 0 Å². The Bertz CT molecular complexity index is 882. The quantitative estimate of drug-likeness (QED) is 0.617. The van der Waals surface area contributed by atoms with Gasteiger partial charge in [-0.2, -0.15) is 0 Å². The largest absolute Gasteiger partial charge is 0.465 e. The van der Waals surface area contributed by atoms with Crippen molar-refractivity contribution < 1.29 is 14.3 Å². The van der Waals surface area contributed by atoms with Crippen LogP contribution < -0.4 is 0 Å². The van der Waals surface area contributed by atoms with Crippen LogP contribution in [0, 0.1) is 0 Å². The van der Waals surface area contributed by atoms with Crippen LogP contribution in [0.1, 0.15) is 31.0 Å². The maximum absolute atomic E-state index is 13.2. The van der Waals surface area contributed by atoms with Gasteiger partial charge < -0.3 is 9.64 Å². The Labute approximate surface area is 153 Å². The molecule has 1 aliphatic heterocycles. The van der Waals surface area contributed by atoms with Gasteiger partial charge in [0.05, 0.1) is 24.3 Å². The monoisotopic (exact) mass is 347 g/mol. The Hall–Kier alpha value is -3.14. The molecule has 1 atom stereocenters. The van der Waals surface area contributed by atoms with Crippen molar-refractivity contribution in [2.24, 2.45) is 0 Å². The van der Waals surface area contributed by atoms with E-state index >= 15 is 0 Å². The molecule has 0 unspecified atom stereocenters. The van der Waals surface area contributed by atoms with E-state index in [1.165, 1.54) is 7.11 Å². The Morgan fingerprint density at radius 2 is 1.62 bits per heavy atom. The lowest BCUT2D eigenvalue weighted by molar-refractivity contribution is -0.136. The maximum atomic E-state index is 13.2. The standard InChI is InChI=1S/C22H21NO3/c1-15(18-12-8-5-9-13-18)23-16(2)20(22(25)26-3)19(21(23)24)14-17-10-6-4-7-11-17/h4-15H,1-3H3/b19-14-/t15-/m0/s1. The van der Waals surface area contributed by atoms with E-state index in [0.717, 1.165) is 11.1 Å². The summed E-state index contributed by atoms with van der Waals surface area (Å²) in [7, 11) is 1.33. The highest BCUT2D eigenvalue weighted by atomic mass is 16.5. The predicted molar refractivity (Wildman–Crippen MR) is 101 cm³/mol. The van der Waals surface area contributed by atoms with Crippen LogP contribution in [0.15, 0.2) is 77.5 Å². The second kappa shape index (κ2) is 7.40. The predicted octanol–water partition coefficient (Wildman–Crippen LogP) is 4.12. The molecule has 0 bridgehead atoms. The third-order valence-corrected chi connectivity index (χ3v) is 4.61. The van der Waals surface area contributed by atoms with E-state index in [9.17, 15) is 9.59 Å². The number of ether oxygens (including phenoxy) is 1. The molecule has 0 fully saturated rings. The summed E-state index contributed by atoms with van der Waals surface area (Å²) in [6, 6.07) is 19.1. The topological polar surface area (TPSA) is 46.6 Å². The number of carbonyl (C=O) groups excluding carboxylic acids is 2. The van der Waals surface area contributed by atoms with Gasteiger partial charge in [0.15, 0.2) is 0 Å². The fraction of sp³-hybridized carbons (Fsp3) is 0.182. The molecule has 4 nitrogen and oxygen atoms in total. The lowest BCUT2D eigenvalue weighted by atomic mass is 10.0. The number of methoxy groups -OCH3 is 1. The van der Waals surface area contributed by atoms with Crippen LogP contribution in [-0.4, -0.2) is 23.9 Å². The number of hydrogen-bond acceptors (Lipinski definition) is 3. The summed E-state index contributed by atoms with van der Waals surface area (Å²) in [4.78, 5) is 27.2. The summed E-state index contributed by atoms with van der Waals surface area (Å²) in [6.07, 6.45) is 1.75. The Morgan fingerprint density at radius 3 is 2.19 bits per heavy atom. The molecule has 0 aliphatic carbocycles. The fourth-order valence-corrected chi connectivity index (χ4v) is 3.26. The molecular weight excluding hydrogens is 326 g/mol. The highest BCUT2D eigenvalue weighted by Crippen LogP contribution is 2.37. The van der Waals surface area contributed by atoms with Crippen LogP contribution in [-0.2, 0) is 14.3 Å². The average molecular weight is 347 g/mol. The number of carbonyl (C=O) groups is 2. The third-order valence-electron chi connectivity index (χ3n) is 4.61. The summed E-state index contributed by atoms with van der Waals surface area (Å²) in [5.41, 5.74) is 3.16. The van der Waals surface area contributed by atoms with Gasteiger partial charge >= 0.3 is 5.97 Å². The molecule has 26 heavy (non-hydrogen) atoms. The zero-order valence-electron chi connectivity index (χ0n) is 15.1. The van der Waals surface area contributed by atoms with Crippen molar-refractivity contribution in [2.75, 3.05) is 7.11 Å². The van der Waals surface area contributed by atoms with Gasteiger partial charge in [-0.3, -0.25) is 4.79 Å². The van der Waals surface area contributed by atoms with E-state index in [1.807, 2.05) is 67.6 Å². The first-order valence-corrected chi connectivity index (χ1v) is 8.49. The molecule has 0 saturated carbocycles. The molecule has 0 N–H and O–H groups in total. The van der Waals surface area contributed by atoms with Crippen molar-refractivity contribution in [3.63, 3.8) is 0 Å². The van der Waals surface area contributed by atoms with Crippen LogP contribution in [0.2, 0.25) is 0 Å². The van der Waals surface area contributed by atoms with Crippen molar-refractivity contribution in [2.45, 2.75) is 19.9 Å². The third kappa shape index (κ3) is 3.18. The zero-order valence-corrected chi connectivity index (χ0v) is 15.1. The molecule has 0 saturated heterocycles. The first kappa shape index (κ1) is 17.7. The number of hydrogen-bond donors (Lipinski definition) is 0. The number of benzene rings is 2. The molecule has 1 aliphatic rings. The number of esters is 1. The van der Waals surface area contributed by atoms with Gasteiger partial charge in [-0.05, 0) is 31.1 Å². The van der Waals surface area contributed by atoms with E-state index in [1.54, 1.807) is 17.9 Å². The van der Waals surface area contributed by atoms with Crippen molar-refractivity contribution in [1.82, 2.24) is 4.90 Å². The second-order valence-corrected chi connectivity index (χ2v) is 6.18. The lowest BCUT2D eigenvalue weighted by Crippen LogP contribution is -2.28. The molecule has 0 radical (unpaired) electrons. The van der Waals surface area contributed by atoms with E-state index in [2.05, 4.69) is 0 Å². The van der Waals surface area contributed by atoms with E-state index in [-0.39, 0.29) is 11.9 Å². The molecule has 1 amide bonds. The van der Waals surface area contributed by atoms with Gasteiger partial charge in [0, 0.05) is 5.70 Å². The number of amides is 1. The first-order valence-electron chi connectivity index (χ1n) is 8.49. The maximum Gasteiger partial charge on any atom is 0.340 e. The van der Waals surface area contributed by atoms with Gasteiger partial charge in [0.25, 0.3) is 5.91 Å². The minimum absolute atomic E-state index is 0.190. The Balaban J connectivity index is 2.08. The molecule has 4 heteroatoms. The minimum atomic E-state index is -0.499. The zero-order chi connectivity index (χ0) is 18.7. The molecule has 2 aromatic carbocycles. The van der Waals surface area contributed by atoms with E-state index < -0.39 is 5.97 Å². The highest BCUT2D eigenvalue weighted by Gasteiger charge is 2.39. The van der Waals surface area contributed by atoms with Crippen LogP contribution in [0.4, 0.5) is 0 Å². The first-order chi connectivity index (χ1) is 12.5. The lowest BCUT2D eigenvalue weighted by Gasteiger charge is -2.26. The summed E-state index contributed by atoms with van der Waals surface area (Å²) >= 11 is 0. The van der Waals surface area contributed by atoms with Gasteiger partial charge in [-0.15, -0.1) is 0 Å². The number of nitrogens with zero attached hydrogens (tertiary/aromatic N) is 1. The Morgan fingerprint density at radius 1 is 1.04 bits per heavy atom. The fourth-order valence-electron chi connectivity index (χ4n) is 3.26. The van der Waals surface area contributed by atoms with Crippen molar-refractivity contribution in [3.05, 3.63) is 88.6 Å². The smallest absolute Gasteiger partial charge is 0.340 e. The van der Waals surface area contributed by atoms with Gasteiger partial charge in [0.1, 0.15) is 0 Å². The van der Waals surface area contributed by atoms with Crippen molar-refractivity contribution >= 4 is 18.0 Å². The number of allylic oxidation sites excluding steroid dienone is 1. The van der Waals surface area contributed by atoms with Crippen LogP contribution in [0.5, 0.6) is 0 Å². The average Bonchev–Trinajstić information content (AvgIpc) is 2.92. The van der Waals surface area contributed by atoms with E-state index in [0.29, 0.717) is 16.8 Å². The van der Waals surface area contributed by atoms with E-state index in [4.69, 9.17) is 4.74 Å². The molecule has 0 aromatic heterocycles. The SMILES string of the molecule is COC(=O)C1=C(C)N([C@@H](C)c2ccccc2)C(=O)/C1=C\c1ccccc1. The molecular formula is C22H21NO3. The molecule has 132 valence electrons. The summed E-state index contributed by atoms with van der Waals surface area (Å²) in [5.74, 6) is -0.691. The van der Waals surface area contributed by atoms with Crippen molar-refractivity contribution in [1.29, 1.82) is 0 Å². The molecule has 3 rings (SSSR count). The summed E-state index contributed by atoms with van der Waals surface area (Å²) in [6.45, 7) is 3.74. The molecule has 2 aromatic rings. The highest BCUT2D eigenvalue weighted by molar-refractivity contribution is 6.16. The van der Waals surface area contributed by atoms with Crippen LogP contribution in [0.25, 0.3) is 6.08 Å².